The van der Waals surface area contributed by atoms with Crippen LogP contribution in [-0.4, -0.2) is 72.1 Å². The first-order valence-electron chi connectivity index (χ1n) is 9.13. The van der Waals surface area contributed by atoms with Crippen LogP contribution in [0.25, 0.3) is 0 Å². The number of aliphatic carboxylic acids is 1. The zero-order valence-electron chi connectivity index (χ0n) is 15.3. The smallest absolute Gasteiger partial charge is 0.308 e. The highest BCUT2D eigenvalue weighted by Crippen LogP contribution is 2.25. The number of carboxylic acids is 1. The van der Waals surface area contributed by atoms with Crippen LogP contribution in [-0.2, 0) is 9.59 Å². The van der Waals surface area contributed by atoms with Crippen molar-refractivity contribution in [3.05, 3.63) is 30.1 Å². The molecule has 0 saturated carbocycles. The van der Waals surface area contributed by atoms with Gasteiger partial charge in [-0.25, -0.2) is 4.39 Å². The van der Waals surface area contributed by atoms with E-state index in [9.17, 15) is 19.1 Å². The number of halogens is 1. The summed E-state index contributed by atoms with van der Waals surface area (Å²) in [6, 6.07) is 6.21. The first-order chi connectivity index (χ1) is 12.4. The van der Waals surface area contributed by atoms with Crippen LogP contribution >= 0.6 is 0 Å². The topological polar surface area (TPSA) is 64.1 Å². The second-order valence-electron chi connectivity index (χ2n) is 7.34. The van der Waals surface area contributed by atoms with Crippen LogP contribution in [0.3, 0.4) is 0 Å². The third kappa shape index (κ3) is 3.82. The van der Waals surface area contributed by atoms with E-state index in [1.54, 1.807) is 17.0 Å². The van der Waals surface area contributed by atoms with Crippen LogP contribution in [0.2, 0.25) is 0 Å². The molecule has 0 aromatic heterocycles. The monoisotopic (exact) mass is 363 g/mol. The highest BCUT2D eigenvalue weighted by atomic mass is 19.1. The van der Waals surface area contributed by atoms with E-state index in [4.69, 9.17) is 0 Å². The molecule has 1 unspecified atom stereocenters. The average molecular weight is 363 g/mol. The van der Waals surface area contributed by atoms with Crippen molar-refractivity contribution in [2.75, 3.05) is 44.2 Å². The van der Waals surface area contributed by atoms with E-state index in [0.717, 1.165) is 31.9 Å². The molecule has 2 heterocycles. The van der Waals surface area contributed by atoms with Crippen molar-refractivity contribution < 1.29 is 19.1 Å². The number of amides is 1. The van der Waals surface area contributed by atoms with Crippen molar-refractivity contribution in [3.8, 4) is 0 Å². The minimum absolute atomic E-state index is 0.0100. The van der Waals surface area contributed by atoms with Crippen molar-refractivity contribution in [2.45, 2.75) is 19.9 Å². The highest BCUT2D eigenvalue weighted by Gasteiger charge is 2.39. The molecule has 2 aliphatic rings. The quantitative estimate of drug-likeness (QED) is 0.879. The van der Waals surface area contributed by atoms with Crippen LogP contribution in [0, 0.1) is 17.7 Å². The maximum absolute atomic E-state index is 13.1. The van der Waals surface area contributed by atoms with Gasteiger partial charge in [0.05, 0.1) is 12.0 Å². The number of hydrogen-bond donors (Lipinski definition) is 1. The normalized spacial score (nSPS) is 25.3. The van der Waals surface area contributed by atoms with Gasteiger partial charge in [0.1, 0.15) is 5.82 Å². The van der Waals surface area contributed by atoms with E-state index in [-0.39, 0.29) is 23.7 Å². The summed E-state index contributed by atoms with van der Waals surface area (Å²) >= 11 is 0. The predicted molar refractivity (Wildman–Crippen MR) is 96.5 cm³/mol. The minimum atomic E-state index is -0.826. The highest BCUT2D eigenvalue weighted by molar-refractivity contribution is 5.83. The summed E-state index contributed by atoms with van der Waals surface area (Å²) in [5, 5.41) is 9.25. The van der Waals surface area contributed by atoms with Gasteiger partial charge in [-0.05, 0) is 37.1 Å². The first-order valence-corrected chi connectivity index (χ1v) is 9.13. The first kappa shape index (κ1) is 18.6. The molecule has 0 aliphatic carbocycles. The van der Waals surface area contributed by atoms with Gasteiger partial charge in [0.2, 0.25) is 5.91 Å². The fourth-order valence-electron chi connectivity index (χ4n) is 3.91. The van der Waals surface area contributed by atoms with Gasteiger partial charge in [0, 0.05) is 45.0 Å². The zero-order chi connectivity index (χ0) is 18.8. The Morgan fingerprint density at radius 3 is 2.27 bits per heavy atom. The summed E-state index contributed by atoms with van der Waals surface area (Å²) in [5.74, 6) is -1.55. The van der Waals surface area contributed by atoms with Crippen LogP contribution in [0.15, 0.2) is 24.3 Å². The Bertz CT molecular complexity index is 658. The molecule has 2 aliphatic heterocycles. The lowest BCUT2D eigenvalue weighted by Gasteiger charge is -2.39. The number of hydrogen-bond acceptors (Lipinski definition) is 4. The second-order valence-corrected chi connectivity index (χ2v) is 7.34. The minimum Gasteiger partial charge on any atom is -0.481 e. The van der Waals surface area contributed by atoms with Gasteiger partial charge in [0.15, 0.2) is 0 Å². The summed E-state index contributed by atoms with van der Waals surface area (Å²) in [6.07, 6.45) is 0. The number of carbonyl (C=O) groups is 2. The van der Waals surface area contributed by atoms with Crippen LogP contribution in [0.1, 0.15) is 13.8 Å². The lowest BCUT2D eigenvalue weighted by molar-refractivity contribution is -0.142. The molecule has 2 saturated heterocycles. The lowest BCUT2D eigenvalue weighted by Crippen LogP contribution is -2.54. The molecule has 1 aromatic carbocycles. The van der Waals surface area contributed by atoms with E-state index in [0.29, 0.717) is 13.1 Å². The maximum atomic E-state index is 13.1. The Morgan fingerprint density at radius 1 is 1.12 bits per heavy atom. The number of likely N-dealkylation sites (tertiary alicyclic amines) is 1. The van der Waals surface area contributed by atoms with Crippen molar-refractivity contribution in [2.24, 2.45) is 11.8 Å². The summed E-state index contributed by atoms with van der Waals surface area (Å²) in [5.41, 5.74) is 0.989. The number of anilines is 1. The van der Waals surface area contributed by atoms with E-state index in [2.05, 4.69) is 9.80 Å². The lowest BCUT2D eigenvalue weighted by atomic mass is 9.99. The number of carbonyl (C=O) groups excluding carboxylic acids is 1. The fourth-order valence-corrected chi connectivity index (χ4v) is 3.91. The molecule has 26 heavy (non-hydrogen) atoms. The van der Waals surface area contributed by atoms with Crippen LogP contribution in [0.5, 0.6) is 0 Å². The molecule has 142 valence electrons. The van der Waals surface area contributed by atoms with Crippen LogP contribution < -0.4 is 4.90 Å². The van der Waals surface area contributed by atoms with Crippen molar-refractivity contribution >= 4 is 17.6 Å². The van der Waals surface area contributed by atoms with Gasteiger partial charge < -0.3 is 14.9 Å². The average Bonchev–Trinajstić information content (AvgIpc) is 3.03. The summed E-state index contributed by atoms with van der Waals surface area (Å²) in [6.45, 7) is 7.64. The van der Waals surface area contributed by atoms with Gasteiger partial charge >= 0.3 is 5.97 Å². The van der Waals surface area contributed by atoms with E-state index in [1.807, 2.05) is 13.8 Å². The fraction of sp³-hybridized carbons (Fsp3) is 0.579. The van der Waals surface area contributed by atoms with Gasteiger partial charge in [-0.15, -0.1) is 0 Å². The van der Waals surface area contributed by atoms with Crippen LogP contribution in [0.4, 0.5) is 10.1 Å². The van der Waals surface area contributed by atoms with Gasteiger partial charge in [-0.1, -0.05) is 6.92 Å². The van der Waals surface area contributed by atoms with Crippen molar-refractivity contribution in [3.63, 3.8) is 0 Å². The third-order valence-electron chi connectivity index (χ3n) is 5.65. The Labute approximate surface area is 153 Å². The predicted octanol–water partition coefficient (Wildman–Crippen LogP) is 1.52. The molecule has 0 radical (unpaired) electrons. The molecule has 6 nitrogen and oxygen atoms in total. The third-order valence-corrected chi connectivity index (χ3v) is 5.65. The molecule has 0 spiro atoms. The van der Waals surface area contributed by atoms with Crippen molar-refractivity contribution in [1.29, 1.82) is 0 Å². The molecular formula is C19H26FN3O3. The van der Waals surface area contributed by atoms with Gasteiger partial charge in [-0.3, -0.25) is 14.5 Å². The number of rotatable bonds is 4. The molecule has 0 bridgehead atoms. The summed E-state index contributed by atoms with van der Waals surface area (Å²) in [4.78, 5) is 30.1. The maximum Gasteiger partial charge on any atom is 0.308 e. The second kappa shape index (κ2) is 7.61. The molecule has 3 atom stereocenters. The Kier molecular flexibility index (Phi) is 5.46. The molecule has 1 aromatic rings. The van der Waals surface area contributed by atoms with Crippen molar-refractivity contribution in [1.82, 2.24) is 9.80 Å². The molecule has 1 N–H and O–H groups in total. The zero-order valence-corrected chi connectivity index (χ0v) is 15.3. The van der Waals surface area contributed by atoms with E-state index >= 15 is 0 Å². The van der Waals surface area contributed by atoms with Gasteiger partial charge in [-0.2, -0.15) is 0 Å². The van der Waals surface area contributed by atoms with E-state index in [1.165, 1.54) is 12.1 Å². The Balaban J connectivity index is 1.55. The summed E-state index contributed by atoms with van der Waals surface area (Å²) < 4.78 is 13.1. The number of nitrogens with zero attached hydrogens (tertiary/aromatic N) is 3. The largest absolute Gasteiger partial charge is 0.481 e. The van der Waals surface area contributed by atoms with E-state index < -0.39 is 11.9 Å². The Hall–Kier alpha value is -2.15. The number of carboxylic acid groups (broad SMARTS) is 1. The molecular weight excluding hydrogens is 337 g/mol. The molecule has 3 rings (SSSR count). The summed E-state index contributed by atoms with van der Waals surface area (Å²) in [7, 11) is 0. The number of benzene rings is 1. The SMILES string of the molecule is CC(C(=O)N1C[C@@H](C)[C@H](C(=O)O)C1)N1CCN(c2ccc(F)cc2)CC1. The number of piperazine rings is 1. The Morgan fingerprint density at radius 2 is 1.73 bits per heavy atom. The molecule has 1 amide bonds. The molecule has 7 heteroatoms. The standard InChI is InChI=1S/C19H26FN3O3/c1-13-11-23(12-17(13)19(25)26)18(24)14(2)21-7-9-22(10-8-21)16-5-3-15(20)4-6-16/h3-6,13-14,17H,7-12H2,1-2H3,(H,25,26)/t13-,14?,17-/m1/s1. The molecule has 2 fully saturated rings. The van der Waals surface area contributed by atoms with Gasteiger partial charge in [0.25, 0.3) is 0 Å².